The Morgan fingerprint density at radius 3 is 2.52 bits per heavy atom. The number of pyridine rings is 2. The fourth-order valence-corrected chi connectivity index (χ4v) is 4.01. The number of aromatic nitrogens is 4. The molecule has 3 aromatic heterocycles. The highest BCUT2D eigenvalue weighted by atomic mass is 16.5. The number of carbonyl (C=O) groups is 1. The van der Waals surface area contributed by atoms with E-state index in [-0.39, 0.29) is 5.69 Å². The van der Waals surface area contributed by atoms with Crippen LogP contribution in [0.5, 0.6) is 0 Å². The number of para-hydroxylation sites is 1. The second kappa shape index (κ2) is 7.90. The SMILES string of the molecule is COC(=O)Nc1ccc(-c2ccc3ncc4c(c3c2)n(-c2ccccc2C)c(=O)n4C)cn1. The molecule has 0 aliphatic rings. The summed E-state index contributed by atoms with van der Waals surface area (Å²) in [6, 6.07) is 17.3. The van der Waals surface area contributed by atoms with E-state index >= 15 is 0 Å². The van der Waals surface area contributed by atoms with Gasteiger partial charge in [0.1, 0.15) is 5.82 Å². The number of hydrogen-bond acceptors (Lipinski definition) is 5. The fraction of sp³-hybridized carbons (Fsp3) is 0.120. The maximum absolute atomic E-state index is 13.2. The Kier molecular flexibility index (Phi) is 4.90. The third-order valence-electron chi connectivity index (χ3n) is 5.75. The first-order chi connectivity index (χ1) is 16.0. The minimum absolute atomic E-state index is 0.126. The summed E-state index contributed by atoms with van der Waals surface area (Å²) in [4.78, 5) is 33.5. The van der Waals surface area contributed by atoms with E-state index < -0.39 is 6.09 Å². The number of nitrogens with one attached hydrogen (secondary N) is 1. The number of carbonyl (C=O) groups excluding carboxylic acids is 1. The van der Waals surface area contributed by atoms with Crippen LogP contribution in [-0.4, -0.2) is 32.3 Å². The van der Waals surface area contributed by atoms with Gasteiger partial charge in [0.25, 0.3) is 0 Å². The summed E-state index contributed by atoms with van der Waals surface area (Å²) in [7, 11) is 3.06. The summed E-state index contributed by atoms with van der Waals surface area (Å²) >= 11 is 0. The number of benzene rings is 2. The summed E-state index contributed by atoms with van der Waals surface area (Å²) < 4.78 is 7.97. The lowest BCUT2D eigenvalue weighted by Gasteiger charge is -2.10. The zero-order chi connectivity index (χ0) is 23.1. The number of ether oxygens (including phenoxy) is 1. The molecule has 0 aliphatic heterocycles. The molecule has 8 nitrogen and oxygen atoms in total. The Bertz CT molecular complexity index is 1580. The molecule has 0 saturated carbocycles. The van der Waals surface area contributed by atoms with E-state index in [0.717, 1.165) is 44.3 Å². The highest BCUT2D eigenvalue weighted by molar-refractivity contribution is 6.04. The van der Waals surface area contributed by atoms with Crippen molar-refractivity contribution in [3.63, 3.8) is 0 Å². The van der Waals surface area contributed by atoms with Crippen LogP contribution in [0.4, 0.5) is 10.6 Å². The number of aryl methyl sites for hydroxylation is 2. The molecule has 164 valence electrons. The van der Waals surface area contributed by atoms with Gasteiger partial charge in [-0.05, 0) is 48.4 Å². The molecule has 0 atom stereocenters. The van der Waals surface area contributed by atoms with Crippen LogP contribution < -0.4 is 11.0 Å². The molecule has 33 heavy (non-hydrogen) atoms. The van der Waals surface area contributed by atoms with Gasteiger partial charge in [-0.3, -0.25) is 19.4 Å². The molecule has 0 saturated heterocycles. The lowest BCUT2D eigenvalue weighted by Crippen LogP contribution is -2.21. The van der Waals surface area contributed by atoms with Crippen molar-refractivity contribution in [3.05, 3.63) is 83.0 Å². The molecule has 1 amide bonds. The van der Waals surface area contributed by atoms with Gasteiger partial charge in [0, 0.05) is 24.2 Å². The van der Waals surface area contributed by atoms with Crippen molar-refractivity contribution in [1.82, 2.24) is 19.1 Å². The second-order valence-electron chi connectivity index (χ2n) is 7.74. The zero-order valence-corrected chi connectivity index (χ0v) is 18.4. The van der Waals surface area contributed by atoms with Crippen LogP contribution in [0, 0.1) is 6.92 Å². The number of fused-ring (bicyclic) bond motifs is 3. The van der Waals surface area contributed by atoms with E-state index in [1.54, 1.807) is 34.6 Å². The van der Waals surface area contributed by atoms with Crippen molar-refractivity contribution in [2.45, 2.75) is 6.92 Å². The van der Waals surface area contributed by atoms with Gasteiger partial charge >= 0.3 is 11.8 Å². The third-order valence-corrected chi connectivity index (χ3v) is 5.75. The molecule has 0 bridgehead atoms. The van der Waals surface area contributed by atoms with Gasteiger partial charge in [0.2, 0.25) is 0 Å². The quantitative estimate of drug-likeness (QED) is 0.449. The molecule has 0 radical (unpaired) electrons. The maximum atomic E-state index is 13.2. The van der Waals surface area contributed by atoms with Gasteiger partial charge < -0.3 is 4.74 Å². The Morgan fingerprint density at radius 2 is 1.79 bits per heavy atom. The van der Waals surface area contributed by atoms with Crippen LogP contribution in [0.1, 0.15) is 5.56 Å². The molecular weight excluding hydrogens is 418 g/mol. The lowest BCUT2D eigenvalue weighted by molar-refractivity contribution is 0.187. The molecule has 1 N–H and O–H groups in total. The maximum Gasteiger partial charge on any atom is 0.412 e. The number of nitrogens with zero attached hydrogens (tertiary/aromatic N) is 4. The van der Waals surface area contributed by atoms with E-state index in [1.165, 1.54) is 7.11 Å². The summed E-state index contributed by atoms with van der Waals surface area (Å²) in [6.07, 6.45) is 2.84. The number of rotatable bonds is 3. The van der Waals surface area contributed by atoms with Crippen LogP contribution >= 0.6 is 0 Å². The summed E-state index contributed by atoms with van der Waals surface area (Å²) in [6.45, 7) is 1.99. The molecule has 8 heteroatoms. The highest BCUT2D eigenvalue weighted by Crippen LogP contribution is 2.30. The smallest absolute Gasteiger partial charge is 0.412 e. The molecule has 0 fully saturated rings. The molecule has 0 unspecified atom stereocenters. The van der Waals surface area contributed by atoms with E-state index in [9.17, 15) is 9.59 Å². The Morgan fingerprint density at radius 1 is 1.00 bits per heavy atom. The summed E-state index contributed by atoms with van der Waals surface area (Å²) in [5.74, 6) is 0.395. The van der Waals surface area contributed by atoms with Crippen LogP contribution in [0.15, 0.2) is 71.8 Å². The van der Waals surface area contributed by atoms with E-state index in [2.05, 4.69) is 20.0 Å². The minimum atomic E-state index is -0.576. The summed E-state index contributed by atoms with van der Waals surface area (Å²) in [5, 5.41) is 3.40. The molecule has 0 aliphatic carbocycles. The van der Waals surface area contributed by atoms with Crippen molar-refractivity contribution in [3.8, 4) is 16.8 Å². The van der Waals surface area contributed by atoms with Gasteiger partial charge in [-0.2, -0.15) is 0 Å². The average Bonchev–Trinajstić information content (AvgIpc) is 3.10. The standard InChI is InChI=1S/C25H21N5O3/c1-15-6-4-5-7-20(15)30-23-18-12-16(17-9-11-22(27-13-17)28-24(31)33-3)8-10-19(18)26-14-21(23)29(2)25(30)32/h4-14H,1-3H3,(H,27,28,31). The van der Waals surface area contributed by atoms with Crippen LogP contribution in [0.3, 0.4) is 0 Å². The fourth-order valence-electron chi connectivity index (χ4n) is 4.01. The Labute approximate surface area is 189 Å². The van der Waals surface area contributed by atoms with Gasteiger partial charge in [-0.25, -0.2) is 14.6 Å². The van der Waals surface area contributed by atoms with Gasteiger partial charge in [-0.1, -0.05) is 24.3 Å². The van der Waals surface area contributed by atoms with Crippen molar-refractivity contribution in [2.24, 2.45) is 7.05 Å². The van der Waals surface area contributed by atoms with Crippen molar-refractivity contribution < 1.29 is 9.53 Å². The number of methoxy groups -OCH3 is 1. The predicted octanol–water partition coefficient (Wildman–Crippen LogP) is 4.43. The molecule has 5 aromatic rings. The topological polar surface area (TPSA) is 91.0 Å². The number of anilines is 1. The number of amides is 1. The Balaban J connectivity index is 1.72. The summed E-state index contributed by atoms with van der Waals surface area (Å²) in [5.41, 5.74) is 5.85. The van der Waals surface area contributed by atoms with Crippen molar-refractivity contribution >= 4 is 33.8 Å². The predicted molar refractivity (Wildman–Crippen MR) is 128 cm³/mol. The first-order valence-corrected chi connectivity index (χ1v) is 10.4. The molecule has 3 heterocycles. The minimum Gasteiger partial charge on any atom is -0.453 e. The van der Waals surface area contributed by atoms with Gasteiger partial charge in [-0.15, -0.1) is 0 Å². The zero-order valence-electron chi connectivity index (χ0n) is 18.4. The molecule has 5 rings (SSSR count). The average molecular weight is 439 g/mol. The van der Waals surface area contributed by atoms with Crippen LogP contribution in [0.2, 0.25) is 0 Å². The first-order valence-electron chi connectivity index (χ1n) is 10.4. The van der Waals surface area contributed by atoms with Gasteiger partial charge in [0.15, 0.2) is 0 Å². The van der Waals surface area contributed by atoms with E-state index in [1.807, 2.05) is 55.5 Å². The van der Waals surface area contributed by atoms with E-state index in [4.69, 9.17) is 0 Å². The third kappa shape index (κ3) is 3.41. The van der Waals surface area contributed by atoms with Crippen LogP contribution in [-0.2, 0) is 11.8 Å². The molecular formula is C25H21N5O3. The highest BCUT2D eigenvalue weighted by Gasteiger charge is 2.17. The van der Waals surface area contributed by atoms with Gasteiger partial charge in [0.05, 0.1) is 35.5 Å². The van der Waals surface area contributed by atoms with E-state index in [0.29, 0.717) is 5.82 Å². The van der Waals surface area contributed by atoms with Crippen molar-refractivity contribution in [2.75, 3.05) is 12.4 Å². The largest absolute Gasteiger partial charge is 0.453 e. The normalized spacial score (nSPS) is 11.1. The number of imidazole rings is 1. The van der Waals surface area contributed by atoms with Crippen LogP contribution in [0.25, 0.3) is 38.8 Å². The molecule has 0 spiro atoms. The Hall–Kier alpha value is -4.46. The van der Waals surface area contributed by atoms with Crippen molar-refractivity contribution in [1.29, 1.82) is 0 Å². The monoisotopic (exact) mass is 439 g/mol. The first kappa shape index (κ1) is 20.4. The number of hydrogen-bond donors (Lipinski definition) is 1. The second-order valence-corrected chi connectivity index (χ2v) is 7.74. The lowest BCUT2D eigenvalue weighted by atomic mass is 10.0. The molecule has 2 aromatic carbocycles.